The third kappa shape index (κ3) is 5.10. The molecule has 0 bridgehead atoms. The lowest BCUT2D eigenvalue weighted by Gasteiger charge is -2.34. The molecule has 5 nitrogen and oxygen atoms in total. The third-order valence-corrected chi connectivity index (χ3v) is 4.33. The minimum absolute atomic E-state index is 0.101. The highest BCUT2D eigenvalue weighted by atomic mass is 32.1. The predicted octanol–water partition coefficient (Wildman–Crippen LogP) is 2.92. The zero-order valence-electron chi connectivity index (χ0n) is 13.4. The Kier molecular flexibility index (Phi) is 5.58. The summed E-state index contributed by atoms with van der Waals surface area (Å²) in [5.41, 5.74) is -0.480. The van der Waals surface area contributed by atoms with Crippen LogP contribution in [0.1, 0.15) is 43.3 Å². The maximum atomic E-state index is 12.1. The van der Waals surface area contributed by atoms with Crippen LogP contribution in [0.15, 0.2) is 17.5 Å². The molecular formula is C16H24N2O3S. The minimum atomic E-state index is -0.480. The Morgan fingerprint density at radius 3 is 2.86 bits per heavy atom. The van der Waals surface area contributed by atoms with E-state index in [9.17, 15) is 9.59 Å². The standard InChI is InChI=1S/C16H24N2O3S/c1-16(2,3)21-15(20)18-8-4-6-12(11-18)17-10-13(19)14-7-5-9-22-14/h5,7,9,12,17H,4,6,8,10-11H2,1-3H3/t12-/m0/s1. The Hall–Kier alpha value is -1.40. The molecule has 1 saturated heterocycles. The lowest BCUT2D eigenvalue weighted by atomic mass is 10.1. The Balaban J connectivity index is 1.80. The van der Waals surface area contributed by atoms with E-state index in [0.717, 1.165) is 17.7 Å². The van der Waals surface area contributed by atoms with Crippen molar-refractivity contribution in [3.05, 3.63) is 22.4 Å². The Morgan fingerprint density at radius 2 is 2.23 bits per heavy atom. The number of piperidine rings is 1. The zero-order valence-corrected chi connectivity index (χ0v) is 14.2. The van der Waals surface area contributed by atoms with Gasteiger partial charge < -0.3 is 15.0 Å². The normalized spacial score (nSPS) is 19.0. The number of hydrogen-bond donors (Lipinski definition) is 1. The van der Waals surface area contributed by atoms with Gasteiger partial charge in [0.1, 0.15) is 5.60 Å². The lowest BCUT2D eigenvalue weighted by molar-refractivity contribution is 0.0189. The van der Waals surface area contributed by atoms with Gasteiger partial charge in [0.25, 0.3) is 0 Å². The number of rotatable bonds is 4. The molecule has 1 amide bonds. The molecule has 0 unspecified atom stereocenters. The van der Waals surface area contributed by atoms with E-state index < -0.39 is 5.60 Å². The van der Waals surface area contributed by atoms with E-state index in [1.54, 1.807) is 4.90 Å². The quantitative estimate of drug-likeness (QED) is 0.865. The van der Waals surface area contributed by atoms with Gasteiger partial charge in [-0.3, -0.25) is 4.79 Å². The largest absolute Gasteiger partial charge is 0.444 e. The molecule has 1 aromatic rings. The molecule has 0 aliphatic carbocycles. The number of nitrogens with one attached hydrogen (secondary N) is 1. The fourth-order valence-electron chi connectivity index (χ4n) is 2.40. The first kappa shape index (κ1) is 17.0. The molecule has 2 rings (SSSR count). The first-order valence-electron chi connectivity index (χ1n) is 7.63. The molecule has 1 atom stereocenters. The SMILES string of the molecule is CC(C)(C)OC(=O)N1CCC[C@H](NCC(=O)c2cccs2)C1. The number of Topliss-reactive ketones (excluding diaryl/α,β-unsaturated/α-hetero) is 1. The number of amides is 1. The summed E-state index contributed by atoms with van der Waals surface area (Å²) >= 11 is 1.46. The predicted molar refractivity (Wildman–Crippen MR) is 87.5 cm³/mol. The second-order valence-electron chi connectivity index (χ2n) is 6.55. The summed E-state index contributed by atoms with van der Waals surface area (Å²) in [6.45, 7) is 7.21. The average Bonchev–Trinajstić information content (AvgIpc) is 2.97. The van der Waals surface area contributed by atoms with E-state index in [1.807, 2.05) is 38.3 Å². The van der Waals surface area contributed by atoms with Gasteiger partial charge in [0.15, 0.2) is 5.78 Å². The van der Waals surface area contributed by atoms with Crippen LogP contribution in [0.2, 0.25) is 0 Å². The number of carbonyl (C=O) groups excluding carboxylic acids is 2. The molecule has 1 aliphatic heterocycles. The molecule has 22 heavy (non-hydrogen) atoms. The van der Waals surface area contributed by atoms with Crippen molar-refractivity contribution in [3.8, 4) is 0 Å². The molecule has 0 spiro atoms. The number of carbonyl (C=O) groups is 2. The van der Waals surface area contributed by atoms with Crippen LogP contribution in [-0.4, -0.2) is 48.1 Å². The highest BCUT2D eigenvalue weighted by molar-refractivity contribution is 7.12. The average molecular weight is 324 g/mol. The number of likely N-dealkylation sites (tertiary alicyclic amines) is 1. The fourth-order valence-corrected chi connectivity index (χ4v) is 3.06. The third-order valence-electron chi connectivity index (χ3n) is 3.42. The number of ketones is 1. The van der Waals surface area contributed by atoms with Gasteiger partial charge in [0, 0.05) is 19.1 Å². The van der Waals surface area contributed by atoms with Gasteiger partial charge in [0.2, 0.25) is 0 Å². The molecule has 1 N–H and O–H groups in total. The number of hydrogen-bond acceptors (Lipinski definition) is 5. The molecule has 1 fully saturated rings. The van der Waals surface area contributed by atoms with E-state index in [1.165, 1.54) is 11.3 Å². The second-order valence-corrected chi connectivity index (χ2v) is 7.49. The molecular weight excluding hydrogens is 300 g/mol. The molecule has 1 aliphatic rings. The summed E-state index contributed by atoms with van der Waals surface area (Å²) in [5.74, 6) is 0.101. The van der Waals surface area contributed by atoms with Crippen LogP contribution < -0.4 is 5.32 Å². The molecule has 6 heteroatoms. The van der Waals surface area contributed by atoms with Crippen molar-refractivity contribution in [2.45, 2.75) is 45.3 Å². The van der Waals surface area contributed by atoms with Gasteiger partial charge >= 0.3 is 6.09 Å². The van der Waals surface area contributed by atoms with Crippen LogP contribution in [-0.2, 0) is 4.74 Å². The lowest BCUT2D eigenvalue weighted by Crippen LogP contribution is -2.50. The minimum Gasteiger partial charge on any atom is -0.444 e. The van der Waals surface area contributed by atoms with Crippen molar-refractivity contribution in [2.75, 3.05) is 19.6 Å². The van der Waals surface area contributed by atoms with Gasteiger partial charge in [-0.25, -0.2) is 4.79 Å². The van der Waals surface area contributed by atoms with Gasteiger partial charge in [0.05, 0.1) is 11.4 Å². The van der Waals surface area contributed by atoms with Crippen LogP contribution >= 0.6 is 11.3 Å². The maximum Gasteiger partial charge on any atom is 0.410 e. The van der Waals surface area contributed by atoms with Gasteiger partial charge in [-0.1, -0.05) is 6.07 Å². The maximum absolute atomic E-state index is 12.1. The molecule has 122 valence electrons. The van der Waals surface area contributed by atoms with Crippen molar-refractivity contribution in [3.63, 3.8) is 0 Å². The van der Waals surface area contributed by atoms with Gasteiger partial charge in [-0.05, 0) is 45.1 Å². The van der Waals surface area contributed by atoms with Crippen molar-refractivity contribution in [1.82, 2.24) is 10.2 Å². The Bertz CT molecular complexity index is 508. The summed E-state index contributed by atoms with van der Waals surface area (Å²) in [6, 6.07) is 3.86. The van der Waals surface area contributed by atoms with E-state index in [-0.39, 0.29) is 17.9 Å². The molecule has 0 radical (unpaired) electrons. The highest BCUT2D eigenvalue weighted by Gasteiger charge is 2.27. The van der Waals surface area contributed by atoms with E-state index in [4.69, 9.17) is 4.74 Å². The van der Waals surface area contributed by atoms with Crippen LogP contribution in [0.4, 0.5) is 4.79 Å². The number of nitrogens with zero attached hydrogens (tertiary/aromatic N) is 1. The van der Waals surface area contributed by atoms with Crippen molar-refractivity contribution in [2.24, 2.45) is 0 Å². The summed E-state index contributed by atoms with van der Waals surface area (Å²) in [4.78, 5) is 26.6. The first-order valence-corrected chi connectivity index (χ1v) is 8.51. The summed E-state index contributed by atoms with van der Waals surface area (Å²) < 4.78 is 5.40. The van der Waals surface area contributed by atoms with Gasteiger partial charge in [-0.15, -0.1) is 11.3 Å². The molecule has 2 heterocycles. The number of thiophene rings is 1. The Labute approximate surface area is 135 Å². The summed E-state index contributed by atoms with van der Waals surface area (Å²) in [7, 11) is 0. The topological polar surface area (TPSA) is 58.6 Å². The van der Waals surface area contributed by atoms with Crippen molar-refractivity contribution < 1.29 is 14.3 Å². The van der Waals surface area contributed by atoms with Crippen LogP contribution in [0, 0.1) is 0 Å². The summed E-state index contributed by atoms with van der Waals surface area (Å²) in [5, 5.41) is 5.17. The number of ether oxygens (including phenoxy) is 1. The van der Waals surface area contributed by atoms with Crippen molar-refractivity contribution in [1.29, 1.82) is 0 Å². The summed E-state index contributed by atoms with van der Waals surface area (Å²) in [6.07, 6.45) is 1.62. The second kappa shape index (κ2) is 7.24. The molecule has 0 saturated carbocycles. The monoisotopic (exact) mass is 324 g/mol. The first-order chi connectivity index (χ1) is 10.3. The fraction of sp³-hybridized carbons (Fsp3) is 0.625. The van der Waals surface area contributed by atoms with Crippen molar-refractivity contribution >= 4 is 23.2 Å². The highest BCUT2D eigenvalue weighted by Crippen LogP contribution is 2.16. The van der Waals surface area contributed by atoms with Crippen LogP contribution in [0.5, 0.6) is 0 Å². The Morgan fingerprint density at radius 1 is 1.45 bits per heavy atom. The van der Waals surface area contributed by atoms with Gasteiger partial charge in [-0.2, -0.15) is 0 Å². The van der Waals surface area contributed by atoms with E-state index >= 15 is 0 Å². The smallest absolute Gasteiger partial charge is 0.410 e. The van der Waals surface area contributed by atoms with Crippen LogP contribution in [0.3, 0.4) is 0 Å². The zero-order chi connectivity index (χ0) is 16.2. The van der Waals surface area contributed by atoms with Crippen LogP contribution in [0.25, 0.3) is 0 Å². The van der Waals surface area contributed by atoms with E-state index in [0.29, 0.717) is 19.6 Å². The van der Waals surface area contributed by atoms with E-state index in [2.05, 4.69) is 5.32 Å². The molecule has 0 aromatic carbocycles. The molecule has 1 aromatic heterocycles.